The minimum atomic E-state index is -0.921. The minimum Gasteiger partial charge on any atom is -0.478 e. The highest BCUT2D eigenvalue weighted by Gasteiger charge is 2.37. The van der Waals surface area contributed by atoms with E-state index in [4.69, 9.17) is 9.94 Å². The second-order valence-corrected chi connectivity index (χ2v) is 9.29. The monoisotopic (exact) mass is 377 g/mol. The Labute approximate surface area is 166 Å². The Kier molecular flexibility index (Phi) is 4.33. The van der Waals surface area contributed by atoms with E-state index < -0.39 is 5.97 Å². The van der Waals surface area contributed by atoms with Crippen LogP contribution >= 0.6 is 0 Å². The largest absolute Gasteiger partial charge is 0.478 e. The number of fused-ring (bicyclic) bond motifs is 1. The van der Waals surface area contributed by atoms with E-state index in [9.17, 15) is 4.79 Å². The number of carboxylic acids is 1. The molecule has 1 heterocycles. The third-order valence-corrected chi connectivity index (χ3v) is 6.38. The maximum atomic E-state index is 11.0. The number of rotatable bonds is 3. The van der Waals surface area contributed by atoms with Crippen LogP contribution in [0, 0.1) is 0 Å². The maximum absolute atomic E-state index is 11.0. The topological polar surface area (TPSA) is 58.9 Å². The van der Waals surface area contributed by atoms with Gasteiger partial charge in [0.1, 0.15) is 0 Å². The minimum absolute atomic E-state index is 0.160. The van der Waals surface area contributed by atoms with Crippen molar-refractivity contribution in [3.63, 3.8) is 0 Å². The quantitative estimate of drug-likeness (QED) is 0.757. The van der Waals surface area contributed by atoms with Crippen molar-refractivity contribution in [3.05, 3.63) is 70.3 Å². The fourth-order valence-electron chi connectivity index (χ4n) is 4.34. The van der Waals surface area contributed by atoms with Crippen molar-refractivity contribution in [3.8, 4) is 0 Å². The zero-order chi connectivity index (χ0) is 20.1. The molecule has 0 aromatic heterocycles. The molecule has 0 spiro atoms. The van der Waals surface area contributed by atoms with Gasteiger partial charge in [0.15, 0.2) is 6.10 Å². The number of hydrogen-bond donors (Lipinski definition) is 1. The first-order valence-corrected chi connectivity index (χ1v) is 9.89. The van der Waals surface area contributed by atoms with E-state index in [2.05, 4.69) is 51.0 Å². The highest BCUT2D eigenvalue weighted by molar-refractivity contribution is 6.01. The summed E-state index contributed by atoms with van der Waals surface area (Å²) in [6.45, 7) is 9.30. The molecule has 1 N–H and O–H groups in total. The van der Waals surface area contributed by atoms with Gasteiger partial charge in [-0.05, 0) is 64.1 Å². The predicted molar refractivity (Wildman–Crippen MR) is 110 cm³/mol. The van der Waals surface area contributed by atoms with Crippen molar-refractivity contribution in [2.75, 3.05) is 0 Å². The highest BCUT2D eigenvalue weighted by Crippen LogP contribution is 2.46. The third-order valence-electron chi connectivity index (χ3n) is 6.38. The molecule has 2 aromatic rings. The van der Waals surface area contributed by atoms with Crippen molar-refractivity contribution in [2.24, 2.45) is 5.16 Å². The van der Waals surface area contributed by atoms with Gasteiger partial charge in [0, 0.05) is 6.42 Å². The van der Waals surface area contributed by atoms with E-state index in [-0.39, 0.29) is 22.5 Å². The number of carboxylic acid groups (broad SMARTS) is 1. The van der Waals surface area contributed by atoms with Gasteiger partial charge in [0.2, 0.25) is 0 Å². The first-order chi connectivity index (χ1) is 13.2. The van der Waals surface area contributed by atoms with Crippen molar-refractivity contribution in [1.82, 2.24) is 0 Å². The fraction of sp³-hybridized carbons (Fsp3) is 0.417. The fourth-order valence-corrected chi connectivity index (χ4v) is 4.34. The zero-order valence-corrected chi connectivity index (χ0v) is 17.0. The molecule has 0 radical (unpaired) electrons. The lowest BCUT2D eigenvalue weighted by atomic mass is 9.63. The standard InChI is InChI=1S/C24H27NO3/c1-23(2)11-12-24(3,4)19-13-17(9-10-18(19)23)20-14-21(28-25-20)15-5-7-16(8-6-15)22(26)27/h5-10,13,21H,11-12,14H2,1-4H3,(H,26,27). The molecule has 0 saturated heterocycles. The Morgan fingerprint density at radius 2 is 1.64 bits per heavy atom. The van der Waals surface area contributed by atoms with Crippen LogP contribution in [-0.4, -0.2) is 16.8 Å². The molecule has 146 valence electrons. The molecule has 2 aromatic carbocycles. The normalized spacial score (nSPS) is 22.1. The first-order valence-electron chi connectivity index (χ1n) is 9.89. The summed E-state index contributed by atoms with van der Waals surface area (Å²) < 4.78 is 0. The number of hydrogen-bond acceptors (Lipinski definition) is 3. The smallest absolute Gasteiger partial charge is 0.335 e. The van der Waals surface area contributed by atoms with Gasteiger partial charge in [-0.3, -0.25) is 0 Å². The lowest BCUT2D eigenvalue weighted by Crippen LogP contribution is -2.34. The number of aromatic carboxylic acids is 1. The van der Waals surface area contributed by atoms with Crippen LogP contribution in [0.25, 0.3) is 0 Å². The summed E-state index contributed by atoms with van der Waals surface area (Å²) in [4.78, 5) is 16.7. The van der Waals surface area contributed by atoms with E-state index in [0.29, 0.717) is 6.42 Å². The van der Waals surface area contributed by atoms with Crippen LogP contribution in [0.15, 0.2) is 47.6 Å². The van der Waals surface area contributed by atoms with E-state index >= 15 is 0 Å². The van der Waals surface area contributed by atoms with Gasteiger partial charge in [0.25, 0.3) is 0 Å². The van der Waals surface area contributed by atoms with Crippen LogP contribution in [0.1, 0.15) is 85.7 Å². The van der Waals surface area contributed by atoms with Gasteiger partial charge in [-0.1, -0.05) is 57.1 Å². The Hall–Kier alpha value is -2.62. The molecule has 1 unspecified atom stereocenters. The van der Waals surface area contributed by atoms with Crippen molar-refractivity contribution >= 4 is 11.7 Å². The molecule has 1 aliphatic heterocycles. The molecule has 0 fully saturated rings. The van der Waals surface area contributed by atoms with Crippen molar-refractivity contribution < 1.29 is 14.7 Å². The molecule has 28 heavy (non-hydrogen) atoms. The Morgan fingerprint density at radius 1 is 1.00 bits per heavy atom. The maximum Gasteiger partial charge on any atom is 0.335 e. The highest BCUT2D eigenvalue weighted by atomic mass is 16.6. The second-order valence-electron chi connectivity index (χ2n) is 9.29. The van der Waals surface area contributed by atoms with Crippen LogP contribution in [-0.2, 0) is 15.7 Å². The van der Waals surface area contributed by atoms with Crippen LogP contribution in [0.5, 0.6) is 0 Å². The van der Waals surface area contributed by atoms with Gasteiger partial charge in [0.05, 0.1) is 11.3 Å². The average molecular weight is 377 g/mol. The number of benzene rings is 2. The second kappa shape index (κ2) is 6.47. The summed E-state index contributed by atoms with van der Waals surface area (Å²) in [5.41, 5.74) is 6.51. The SMILES string of the molecule is CC1(C)CCC(C)(C)c2cc(C3=NOC(c4ccc(C(=O)O)cc4)C3)ccc21. The Morgan fingerprint density at radius 3 is 2.29 bits per heavy atom. The molecular formula is C24H27NO3. The summed E-state index contributed by atoms with van der Waals surface area (Å²) in [6, 6.07) is 13.6. The van der Waals surface area contributed by atoms with E-state index in [1.165, 1.54) is 24.0 Å². The van der Waals surface area contributed by atoms with Crippen LogP contribution in [0.4, 0.5) is 0 Å². The molecule has 1 aliphatic carbocycles. The molecular weight excluding hydrogens is 350 g/mol. The van der Waals surface area contributed by atoms with E-state index in [1.807, 2.05) is 12.1 Å². The molecule has 0 amide bonds. The van der Waals surface area contributed by atoms with Crippen LogP contribution < -0.4 is 0 Å². The number of oxime groups is 1. The molecule has 4 heteroatoms. The average Bonchev–Trinajstić information content (AvgIpc) is 3.15. The lowest BCUT2D eigenvalue weighted by molar-refractivity contribution is 0.0695. The number of carbonyl (C=O) groups is 1. The molecule has 0 bridgehead atoms. The van der Waals surface area contributed by atoms with Gasteiger partial charge in [-0.2, -0.15) is 0 Å². The third kappa shape index (κ3) is 3.21. The van der Waals surface area contributed by atoms with E-state index in [0.717, 1.165) is 16.8 Å². The van der Waals surface area contributed by atoms with Crippen LogP contribution in [0.2, 0.25) is 0 Å². The summed E-state index contributed by atoms with van der Waals surface area (Å²) in [5.74, 6) is -0.921. The first kappa shape index (κ1) is 18.7. The molecule has 0 saturated carbocycles. The summed E-state index contributed by atoms with van der Waals surface area (Å²) in [6.07, 6.45) is 2.90. The van der Waals surface area contributed by atoms with Crippen molar-refractivity contribution in [2.45, 2.75) is 63.9 Å². The van der Waals surface area contributed by atoms with Crippen molar-refractivity contribution in [1.29, 1.82) is 0 Å². The summed E-state index contributed by atoms with van der Waals surface area (Å²) in [5, 5.41) is 13.4. The predicted octanol–water partition coefficient (Wildman–Crippen LogP) is 5.60. The molecule has 2 aliphatic rings. The Balaban J connectivity index is 1.59. The molecule has 1 atom stereocenters. The number of nitrogens with zero attached hydrogens (tertiary/aromatic N) is 1. The lowest BCUT2D eigenvalue weighted by Gasteiger charge is -2.42. The molecule has 4 rings (SSSR count). The summed E-state index contributed by atoms with van der Waals surface area (Å²) in [7, 11) is 0. The summed E-state index contributed by atoms with van der Waals surface area (Å²) >= 11 is 0. The zero-order valence-electron chi connectivity index (χ0n) is 17.0. The van der Waals surface area contributed by atoms with Crippen LogP contribution in [0.3, 0.4) is 0 Å². The van der Waals surface area contributed by atoms with Gasteiger partial charge in [-0.25, -0.2) is 4.79 Å². The van der Waals surface area contributed by atoms with E-state index in [1.54, 1.807) is 12.1 Å². The molecule has 4 nitrogen and oxygen atoms in total. The van der Waals surface area contributed by atoms with Gasteiger partial charge in [-0.15, -0.1) is 0 Å². The van der Waals surface area contributed by atoms with Gasteiger partial charge >= 0.3 is 5.97 Å². The Bertz CT molecular complexity index is 954. The van der Waals surface area contributed by atoms with Gasteiger partial charge < -0.3 is 9.94 Å².